The molecule has 2 atom stereocenters. The molecule has 1 fully saturated rings. The average Bonchev–Trinajstić information content (AvgIpc) is 3.57. The zero-order chi connectivity index (χ0) is 24.7. The van der Waals surface area contributed by atoms with Crippen LogP contribution in [0.25, 0.3) is 16.8 Å². The molecule has 0 aliphatic carbocycles. The molecule has 0 bridgehead atoms. The van der Waals surface area contributed by atoms with Gasteiger partial charge >= 0.3 is 0 Å². The molecule has 5 heterocycles. The number of amides is 1. The SMILES string of the molecule is Cn1cc(-c2cn3nccc3c(N3CC[C@H](CNC(=O)c4coc(C(C)(C)C)n4)[C@H](F)C3)n2)cn1. The Hall–Kier alpha value is -3.76. The van der Waals surface area contributed by atoms with E-state index in [-0.39, 0.29) is 36.0 Å². The Morgan fingerprint density at radius 2 is 2.09 bits per heavy atom. The number of carbonyl (C=O) groups excluding carboxylic acids is 1. The highest BCUT2D eigenvalue weighted by Gasteiger charge is 2.32. The molecule has 1 amide bonds. The second kappa shape index (κ2) is 8.79. The first kappa shape index (κ1) is 23.0. The zero-order valence-corrected chi connectivity index (χ0v) is 20.3. The summed E-state index contributed by atoms with van der Waals surface area (Å²) in [6.07, 6.45) is 7.98. The lowest BCUT2D eigenvalue weighted by atomic mass is 9.94. The number of nitrogens with zero attached hydrogens (tertiary/aromatic N) is 7. The van der Waals surface area contributed by atoms with E-state index in [1.165, 1.54) is 6.26 Å². The van der Waals surface area contributed by atoms with Crippen molar-refractivity contribution in [1.29, 1.82) is 0 Å². The predicted octanol–water partition coefficient (Wildman–Crippen LogP) is 3.01. The Bertz CT molecular complexity index is 1350. The molecule has 0 saturated carbocycles. The maximum Gasteiger partial charge on any atom is 0.273 e. The molecule has 184 valence electrons. The van der Waals surface area contributed by atoms with Crippen LogP contribution in [0.5, 0.6) is 0 Å². The number of rotatable bonds is 5. The van der Waals surface area contributed by atoms with Crippen LogP contribution in [0.1, 0.15) is 43.6 Å². The minimum atomic E-state index is -1.13. The maximum absolute atomic E-state index is 15.3. The number of anilines is 1. The van der Waals surface area contributed by atoms with Crippen LogP contribution in [0, 0.1) is 5.92 Å². The summed E-state index contributed by atoms with van der Waals surface area (Å²) >= 11 is 0. The molecular formula is C24H29FN8O2. The van der Waals surface area contributed by atoms with Gasteiger partial charge in [-0.2, -0.15) is 10.2 Å². The van der Waals surface area contributed by atoms with Crippen LogP contribution in [0.3, 0.4) is 0 Å². The van der Waals surface area contributed by atoms with Crippen molar-refractivity contribution >= 4 is 17.2 Å². The fraction of sp³-hybridized carbons (Fsp3) is 0.458. The van der Waals surface area contributed by atoms with Gasteiger partial charge < -0.3 is 14.6 Å². The number of alkyl halides is 1. The molecule has 11 heteroatoms. The number of piperidine rings is 1. The third-order valence-electron chi connectivity index (χ3n) is 6.25. The number of carbonyl (C=O) groups is 1. The van der Waals surface area contributed by atoms with Crippen LogP contribution in [0.2, 0.25) is 0 Å². The first-order valence-corrected chi connectivity index (χ1v) is 11.7. The van der Waals surface area contributed by atoms with Gasteiger partial charge in [0.25, 0.3) is 5.91 Å². The summed E-state index contributed by atoms with van der Waals surface area (Å²) in [5.74, 6) is 0.523. The molecule has 10 nitrogen and oxygen atoms in total. The van der Waals surface area contributed by atoms with E-state index in [1.54, 1.807) is 21.6 Å². The van der Waals surface area contributed by atoms with Crippen LogP contribution in [0.15, 0.2) is 41.5 Å². The standard InChI is InChI=1S/C24H29FN8O2/c1-24(2,3)23-30-19(14-35-23)22(34)26-9-15-6-8-32(12-17(15)25)21-20-5-7-27-33(20)13-18(29-21)16-10-28-31(4)11-16/h5,7,10-11,13-15,17H,6,8-9,12H2,1-4H3,(H,26,34)/t15-,17-/m1/s1. The van der Waals surface area contributed by atoms with Gasteiger partial charge in [-0.15, -0.1) is 0 Å². The third-order valence-corrected chi connectivity index (χ3v) is 6.25. The monoisotopic (exact) mass is 480 g/mol. The molecule has 4 aromatic rings. The van der Waals surface area contributed by atoms with Gasteiger partial charge in [0.1, 0.15) is 18.0 Å². The number of aromatic nitrogens is 6. The van der Waals surface area contributed by atoms with Crippen molar-refractivity contribution in [2.75, 3.05) is 24.5 Å². The summed E-state index contributed by atoms with van der Waals surface area (Å²) in [7, 11) is 1.85. The largest absolute Gasteiger partial charge is 0.448 e. The number of hydrogen-bond donors (Lipinski definition) is 1. The molecule has 0 spiro atoms. The molecule has 5 rings (SSSR count). The molecule has 4 aromatic heterocycles. The summed E-state index contributed by atoms with van der Waals surface area (Å²) in [6, 6.07) is 1.87. The van der Waals surface area contributed by atoms with E-state index >= 15 is 4.39 Å². The van der Waals surface area contributed by atoms with Crippen molar-refractivity contribution in [3.05, 3.63) is 48.7 Å². The minimum Gasteiger partial charge on any atom is -0.448 e. The highest BCUT2D eigenvalue weighted by atomic mass is 19.1. The van der Waals surface area contributed by atoms with Gasteiger partial charge in [0.2, 0.25) is 0 Å². The van der Waals surface area contributed by atoms with Gasteiger partial charge in [0, 0.05) is 43.2 Å². The minimum absolute atomic E-state index is 0.184. The third kappa shape index (κ3) is 4.62. The first-order chi connectivity index (χ1) is 16.7. The number of nitrogens with one attached hydrogen (secondary N) is 1. The van der Waals surface area contributed by atoms with E-state index in [0.717, 1.165) is 16.8 Å². The van der Waals surface area contributed by atoms with Crippen LogP contribution < -0.4 is 10.2 Å². The van der Waals surface area contributed by atoms with Gasteiger partial charge in [-0.05, 0) is 12.5 Å². The van der Waals surface area contributed by atoms with E-state index in [9.17, 15) is 4.79 Å². The van der Waals surface area contributed by atoms with Crippen molar-refractivity contribution in [2.45, 2.75) is 38.8 Å². The van der Waals surface area contributed by atoms with Crippen molar-refractivity contribution < 1.29 is 13.6 Å². The summed E-state index contributed by atoms with van der Waals surface area (Å²) < 4.78 is 24.2. The van der Waals surface area contributed by atoms with Crippen molar-refractivity contribution in [2.24, 2.45) is 13.0 Å². The van der Waals surface area contributed by atoms with E-state index in [0.29, 0.717) is 24.7 Å². The van der Waals surface area contributed by atoms with Crippen LogP contribution >= 0.6 is 0 Å². The molecule has 1 aliphatic heterocycles. The molecule has 1 saturated heterocycles. The summed E-state index contributed by atoms with van der Waals surface area (Å²) in [5, 5.41) is 11.4. The second-order valence-electron chi connectivity index (χ2n) is 10.0. The topological polar surface area (TPSA) is 106 Å². The normalized spacial score (nSPS) is 18.8. The highest BCUT2D eigenvalue weighted by Crippen LogP contribution is 2.29. The van der Waals surface area contributed by atoms with Gasteiger partial charge in [-0.3, -0.25) is 9.48 Å². The zero-order valence-electron chi connectivity index (χ0n) is 20.3. The highest BCUT2D eigenvalue weighted by molar-refractivity contribution is 5.91. The number of oxazole rings is 1. The average molecular weight is 481 g/mol. The number of hydrogen-bond acceptors (Lipinski definition) is 7. The smallest absolute Gasteiger partial charge is 0.273 e. The van der Waals surface area contributed by atoms with E-state index in [1.807, 2.05) is 51.2 Å². The predicted molar refractivity (Wildman–Crippen MR) is 128 cm³/mol. The Kier molecular flexibility index (Phi) is 5.78. The Morgan fingerprint density at radius 1 is 1.26 bits per heavy atom. The first-order valence-electron chi connectivity index (χ1n) is 11.7. The molecule has 0 radical (unpaired) electrons. The lowest BCUT2D eigenvalue weighted by Gasteiger charge is -2.35. The van der Waals surface area contributed by atoms with Gasteiger partial charge in [0.05, 0.1) is 30.8 Å². The fourth-order valence-corrected chi connectivity index (χ4v) is 4.25. The van der Waals surface area contributed by atoms with E-state index < -0.39 is 6.17 Å². The molecular weight excluding hydrogens is 451 g/mol. The Balaban J connectivity index is 1.27. The summed E-state index contributed by atoms with van der Waals surface area (Å²) in [6.45, 7) is 6.91. The molecule has 1 aliphatic rings. The van der Waals surface area contributed by atoms with Gasteiger partial charge in [0.15, 0.2) is 17.4 Å². The molecule has 35 heavy (non-hydrogen) atoms. The summed E-state index contributed by atoms with van der Waals surface area (Å²) in [5.41, 5.74) is 2.32. The number of aryl methyl sites for hydroxylation is 1. The molecule has 0 unspecified atom stereocenters. The van der Waals surface area contributed by atoms with Crippen molar-refractivity contribution in [3.63, 3.8) is 0 Å². The Labute approximate surface area is 202 Å². The van der Waals surface area contributed by atoms with Crippen LogP contribution in [0.4, 0.5) is 10.2 Å². The lowest BCUT2D eigenvalue weighted by Crippen LogP contribution is -2.46. The molecule has 1 N–H and O–H groups in total. The lowest BCUT2D eigenvalue weighted by molar-refractivity contribution is 0.0926. The maximum atomic E-state index is 15.3. The number of halogens is 1. The van der Waals surface area contributed by atoms with E-state index in [4.69, 9.17) is 9.40 Å². The Morgan fingerprint density at radius 3 is 2.77 bits per heavy atom. The van der Waals surface area contributed by atoms with Crippen molar-refractivity contribution in [1.82, 2.24) is 34.7 Å². The fourth-order valence-electron chi connectivity index (χ4n) is 4.25. The quantitative estimate of drug-likeness (QED) is 0.468. The van der Waals surface area contributed by atoms with Gasteiger partial charge in [-0.25, -0.2) is 18.9 Å². The van der Waals surface area contributed by atoms with Crippen LogP contribution in [-0.2, 0) is 12.5 Å². The second-order valence-corrected chi connectivity index (χ2v) is 10.0. The van der Waals surface area contributed by atoms with Crippen LogP contribution in [-0.4, -0.2) is 61.1 Å². The summed E-state index contributed by atoms with van der Waals surface area (Å²) in [4.78, 5) is 23.6. The number of fused-ring (bicyclic) bond motifs is 1. The van der Waals surface area contributed by atoms with E-state index in [2.05, 4.69) is 20.5 Å². The van der Waals surface area contributed by atoms with Crippen molar-refractivity contribution in [3.8, 4) is 11.3 Å². The van der Waals surface area contributed by atoms with Gasteiger partial charge in [-0.1, -0.05) is 20.8 Å². The molecule has 0 aromatic carbocycles.